The van der Waals surface area contributed by atoms with Gasteiger partial charge < -0.3 is 0 Å². The number of carbonyl (C=O) groups excluding carboxylic acids is 1. The van der Waals surface area contributed by atoms with Crippen LogP contribution < -0.4 is 0 Å². The molecule has 1 aliphatic rings. The summed E-state index contributed by atoms with van der Waals surface area (Å²) in [5, 5.41) is 0. The minimum absolute atomic E-state index is 0.615. The van der Waals surface area contributed by atoms with Crippen molar-refractivity contribution in [2.45, 2.75) is 25.7 Å². The minimum atomic E-state index is 0.615. The summed E-state index contributed by atoms with van der Waals surface area (Å²) in [5.41, 5.74) is 2.99. The van der Waals surface area contributed by atoms with E-state index in [2.05, 4.69) is 9.97 Å². The van der Waals surface area contributed by atoms with Crippen LogP contribution in [0.25, 0.3) is 10.3 Å². The van der Waals surface area contributed by atoms with Crippen LogP contribution in [-0.4, -0.2) is 16.3 Å². The summed E-state index contributed by atoms with van der Waals surface area (Å²) in [6, 6.07) is 1.81. The number of nitrogens with zero attached hydrogens (tertiary/aromatic N) is 2. The molecule has 0 N–H and O–H groups in total. The van der Waals surface area contributed by atoms with Crippen molar-refractivity contribution in [1.29, 1.82) is 0 Å². The van der Waals surface area contributed by atoms with E-state index in [4.69, 9.17) is 0 Å². The zero-order valence-corrected chi connectivity index (χ0v) is 9.17. The molecular weight excluding hydrogens is 208 g/mol. The van der Waals surface area contributed by atoms with E-state index in [0.717, 1.165) is 28.0 Å². The van der Waals surface area contributed by atoms with E-state index in [0.29, 0.717) is 10.8 Å². The molecule has 0 spiro atoms. The highest BCUT2D eigenvalue weighted by Gasteiger charge is 2.27. The Kier molecular flexibility index (Phi) is 1.85. The van der Waals surface area contributed by atoms with Crippen molar-refractivity contribution in [2.24, 2.45) is 0 Å². The van der Waals surface area contributed by atoms with E-state index in [1.807, 2.05) is 13.0 Å². The van der Waals surface area contributed by atoms with E-state index >= 15 is 0 Å². The highest BCUT2D eigenvalue weighted by molar-refractivity contribution is 7.20. The Balaban J connectivity index is 2.22. The molecule has 3 nitrogen and oxygen atoms in total. The first-order valence-electron chi connectivity index (χ1n) is 5.01. The maximum absolute atomic E-state index is 10.6. The van der Waals surface area contributed by atoms with Crippen molar-refractivity contribution in [3.8, 4) is 0 Å². The quantitative estimate of drug-likeness (QED) is 0.728. The van der Waals surface area contributed by atoms with Gasteiger partial charge in [-0.25, -0.2) is 9.97 Å². The number of carbonyl (C=O) groups is 1. The fourth-order valence-electron chi connectivity index (χ4n) is 1.78. The summed E-state index contributed by atoms with van der Waals surface area (Å²) in [6.45, 7) is 2.00. The standard InChI is InChI=1S/C11H10N2OS/c1-6-10(7-2-3-7)13-11-9(12-6)4-8(5-14)15-11/h4-5,7H,2-3H2,1H3. The zero-order chi connectivity index (χ0) is 10.4. The Morgan fingerprint density at radius 3 is 2.93 bits per heavy atom. The largest absolute Gasteiger partial charge is 0.297 e. The third kappa shape index (κ3) is 1.45. The van der Waals surface area contributed by atoms with Gasteiger partial charge in [0.05, 0.1) is 16.3 Å². The number of aryl methyl sites for hydroxylation is 1. The molecule has 0 unspecified atom stereocenters. The van der Waals surface area contributed by atoms with Crippen LogP contribution in [0.2, 0.25) is 0 Å². The molecule has 0 bridgehead atoms. The lowest BCUT2D eigenvalue weighted by Crippen LogP contribution is -1.94. The summed E-state index contributed by atoms with van der Waals surface area (Å²) in [5.74, 6) is 0.615. The molecule has 0 atom stereocenters. The molecule has 2 aromatic heterocycles. The number of rotatable bonds is 2. The molecule has 2 aromatic rings. The highest BCUT2D eigenvalue weighted by Crippen LogP contribution is 2.41. The first-order valence-corrected chi connectivity index (χ1v) is 5.83. The summed E-state index contributed by atoms with van der Waals surface area (Å²) >= 11 is 1.42. The first-order chi connectivity index (χ1) is 7.28. The second kappa shape index (κ2) is 3.10. The topological polar surface area (TPSA) is 42.9 Å². The Labute approximate surface area is 91.2 Å². The van der Waals surface area contributed by atoms with E-state index in [9.17, 15) is 4.79 Å². The SMILES string of the molecule is Cc1nc2cc(C=O)sc2nc1C1CC1. The van der Waals surface area contributed by atoms with Gasteiger partial charge in [-0.15, -0.1) is 11.3 Å². The number of aromatic nitrogens is 2. The number of thiophene rings is 1. The molecule has 15 heavy (non-hydrogen) atoms. The average molecular weight is 218 g/mol. The normalized spacial score (nSPS) is 15.8. The average Bonchev–Trinajstić information content (AvgIpc) is 2.98. The summed E-state index contributed by atoms with van der Waals surface area (Å²) in [6.07, 6.45) is 3.32. The van der Waals surface area contributed by atoms with Crippen LogP contribution in [0.15, 0.2) is 6.07 Å². The Hall–Kier alpha value is -1.29. The van der Waals surface area contributed by atoms with Crippen LogP contribution in [0.1, 0.15) is 39.8 Å². The molecule has 1 aliphatic carbocycles. The molecule has 1 fully saturated rings. The van der Waals surface area contributed by atoms with Gasteiger partial charge in [0.15, 0.2) is 6.29 Å². The monoisotopic (exact) mass is 218 g/mol. The number of aldehydes is 1. The Morgan fingerprint density at radius 1 is 1.47 bits per heavy atom. The second-order valence-corrected chi connectivity index (χ2v) is 4.99. The maximum atomic E-state index is 10.6. The minimum Gasteiger partial charge on any atom is -0.297 e. The van der Waals surface area contributed by atoms with E-state index in [1.165, 1.54) is 24.2 Å². The molecule has 0 amide bonds. The lowest BCUT2D eigenvalue weighted by atomic mass is 10.2. The molecule has 3 rings (SSSR count). The summed E-state index contributed by atoms with van der Waals surface area (Å²) in [4.78, 5) is 21.3. The Bertz CT molecular complexity index is 543. The third-order valence-electron chi connectivity index (χ3n) is 2.67. The summed E-state index contributed by atoms with van der Waals surface area (Å²) in [7, 11) is 0. The maximum Gasteiger partial charge on any atom is 0.160 e. The van der Waals surface area contributed by atoms with Crippen molar-refractivity contribution in [2.75, 3.05) is 0 Å². The molecule has 0 aromatic carbocycles. The molecule has 4 heteroatoms. The predicted molar refractivity (Wildman–Crippen MR) is 59.5 cm³/mol. The van der Waals surface area contributed by atoms with Crippen LogP contribution in [0.3, 0.4) is 0 Å². The zero-order valence-electron chi connectivity index (χ0n) is 8.36. The van der Waals surface area contributed by atoms with Crippen molar-refractivity contribution < 1.29 is 4.79 Å². The van der Waals surface area contributed by atoms with Crippen molar-refractivity contribution in [1.82, 2.24) is 9.97 Å². The van der Waals surface area contributed by atoms with Crippen LogP contribution in [0.5, 0.6) is 0 Å². The van der Waals surface area contributed by atoms with Crippen LogP contribution in [-0.2, 0) is 0 Å². The van der Waals surface area contributed by atoms with Crippen molar-refractivity contribution >= 4 is 28.0 Å². The van der Waals surface area contributed by atoms with Gasteiger partial charge in [-0.2, -0.15) is 0 Å². The van der Waals surface area contributed by atoms with Crippen molar-refractivity contribution in [3.63, 3.8) is 0 Å². The number of hydrogen-bond donors (Lipinski definition) is 0. The van der Waals surface area contributed by atoms with Gasteiger partial charge in [0.25, 0.3) is 0 Å². The predicted octanol–water partition coefficient (Wildman–Crippen LogP) is 2.69. The van der Waals surface area contributed by atoms with Gasteiger partial charge in [0.1, 0.15) is 10.3 Å². The van der Waals surface area contributed by atoms with Crippen molar-refractivity contribution in [3.05, 3.63) is 22.3 Å². The van der Waals surface area contributed by atoms with Gasteiger partial charge in [0.2, 0.25) is 0 Å². The van der Waals surface area contributed by atoms with Gasteiger partial charge in [-0.05, 0) is 25.8 Å². The molecule has 0 saturated heterocycles. The molecule has 1 saturated carbocycles. The third-order valence-corrected chi connectivity index (χ3v) is 3.62. The molecule has 2 heterocycles. The molecule has 76 valence electrons. The lowest BCUT2D eigenvalue weighted by molar-refractivity contribution is 0.112. The number of hydrogen-bond acceptors (Lipinski definition) is 4. The number of fused-ring (bicyclic) bond motifs is 1. The molecular formula is C11H10N2OS. The molecule has 0 radical (unpaired) electrons. The molecule has 0 aliphatic heterocycles. The smallest absolute Gasteiger partial charge is 0.160 e. The van der Waals surface area contributed by atoms with E-state index in [-0.39, 0.29) is 0 Å². The lowest BCUT2D eigenvalue weighted by Gasteiger charge is -2.01. The van der Waals surface area contributed by atoms with Gasteiger partial charge in [0, 0.05) is 5.92 Å². The second-order valence-electron chi connectivity index (χ2n) is 3.93. The van der Waals surface area contributed by atoms with Gasteiger partial charge >= 0.3 is 0 Å². The van der Waals surface area contributed by atoms with Crippen LogP contribution >= 0.6 is 11.3 Å². The first kappa shape index (κ1) is 8.97. The fourth-order valence-corrected chi connectivity index (χ4v) is 2.57. The fraction of sp³-hybridized carbons (Fsp3) is 0.364. The van der Waals surface area contributed by atoms with E-state index in [1.54, 1.807) is 0 Å². The summed E-state index contributed by atoms with van der Waals surface area (Å²) < 4.78 is 0. The Morgan fingerprint density at radius 2 is 2.27 bits per heavy atom. The van der Waals surface area contributed by atoms with Gasteiger partial charge in [-0.1, -0.05) is 0 Å². The van der Waals surface area contributed by atoms with Crippen LogP contribution in [0.4, 0.5) is 0 Å². The van der Waals surface area contributed by atoms with E-state index < -0.39 is 0 Å². The van der Waals surface area contributed by atoms with Crippen LogP contribution in [0, 0.1) is 6.92 Å². The van der Waals surface area contributed by atoms with Gasteiger partial charge in [-0.3, -0.25) is 4.79 Å². The highest BCUT2D eigenvalue weighted by atomic mass is 32.1.